The Morgan fingerprint density at radius 3 is 2.77 bits per heavy atom. The molecule has 0 spiro atoms. The van der Waals surface area contributed by atoms with E-state index in [0.29, 0.717) is 24.3 Å². The summed E-state index contributed by atoms with van der Waals surface area (Å²) in [5.74, 6) is -1.34. The number of benzene rings is 2. The number of likely N-dealkylation sites (tertiary alicyclic amines) is 1. The standard InChI is InChI=1S/C20H20FNO4/c21-18-7-2-1-5-15(18)13-26-17-6-3-4-14(10-17)8-9-22-12-16(20(24)25)11-19(22)23/h1-7,10,16H,8-9,11-13H2,(H,24,25). The van der Waals surface area contributed by atoms with Crippen LogP contribution in [0.25, 0.3) is 0 Å². The van der Waals surface area contributed by atoms with Crippen molar-refractivity contribution in [1.29, 1.82) is 0 Å². The molecule has 6 heteroatoms. The molecule has 1 aliphatic rings. The van der Waals surface area contributed by atoms with Gasteiger partial charge in [0.05, 0.1) is 5.92 Å². The van der Waals surface area contributed by atoms with E-state index in [4.69, 9.17) is 9.84 Å². The normalized spacial score (nSPS) is 16.7. The number of amides is 1. The number of halogens is 1. The Morgan fingerprint density at radius 1 is 1.23 bits per heavy atom. The number of ether oxygens (including phenoxy) is 1. The Balaban J connectivity index is 1.55. The van der Waals surface area contributed by atoms with Gasteiger partial charge in [-0.3, -0.25) is 9.59 Å². The lowest BCUT2D eigenvalue weighted by Crippen LogP contribution is -2.28. The lowest BCUT2D eigenvalue weighted by atomic mass is 10.1. The van der Waals surface area contributed by atoms with Gasteiger partial charge in [0, 0.05) is 25.1 Å². The van der Waals surface area contributed by atoms with Crippen LogP contribution in [-0.2, 0) is 22.6 Å². The van der Waals surface area contributed by atoms with E-state index in [1.165, 1.54) is 6.07 Å². The number of nitrogens with zero attached hydrogens (tertiary/aromatic N) is 1. The molecule has 1 saturated heterocycles. The molecule has 1 amide bonds. The Labute approximate surface area is 151 Å². The first kappa shape index (κ1) is 17.9. The van der Waals surface area contributed by atoms with Crippen molar-refractivity contribution in [3.8, 4) is 5.75 Å². The van der Waals surface area contributed by atoms with E-state index in [9.17, 15) is 14.0 Å². The van der Waals surface area contributed by atoms with Gasteiger partial charge in [-0.15, -0.1) is 0 Å². The maximum atomic E-state index is 13.6. The molecule has 0 aromatic heterocycles. The Kier molecular flexibility index (Phi) is 5.51. The Bertz CT molecular complexity index is 808. The van der Waals surface area contributed by atoms with Crippen LogP contribution < -0.4 is 4.74 Å². The molecule has 0 bridgehead atoms. The summed E-state index contributed by atoms with van der Waals surface area (Å²) in [6, 6.07) is 13.9. The van der Waals surface area contributed by atoms with E-state index in [2.05, 4.69) is 0 Å². The second-order valence-electron chi connectivity index (χ2n) is 6.36. The Hall–Kier alpha value is -2.89. The molecule has 3 rings (SSSR count). The van der Waals surface area contributed by atoms with Gasteiger partial charge >= 0.3 is 5.97 Å². The van der Waals surface area contributed by atoms with Crippen molar-refractivity contribution in [2.45, 2.75) is 19.4 Å². The molecular weight excluding hydrogens is 337 g/mol. The van der Waals surface area contributed by atoms with Crippen LogP contribution in [0.3, 0.4) is 0 Å². The van der Waals surface area contributed by atoms with Crippen LogP contribution in [0.4, 0.5) is 4.39 Å². The molecule has 136 valence electrons. The quantitative estimate of drug-likeness (QED) is 0.827. The molecule has 2 aromatic rings. The van der Waals surface area contributed by atoms with Crippen molar-refractivity contribution in [2.75, 3.05) is 13.1 Å². The summed E-state index contributed by atoms with van der Waals surface area (Å²) < 4.78 is 19.3. The molecule has 5 nitrogen and oxygen atoms in total. The minimum absolute atomic E-state index is 0.0706. The summed E-state index contributed by atoms with van der Waals surface area (Å²) in [4.78, 5) is 24.5. The number of carbonyl (C=O) groups is 2. The monoisotopic (exact) mass is 357 g/mol. The van der Waals surface area contributed by atoms with Crippen molar-refractivity contribution in [3.05, 3.63) is 65.5 Å². The highest BCUT2D eigenvalue weighted by Gasteiger charge is 2.33. The average molecular weight is 357 g/mol. The van der Waals surface area contributed by atoms with Gasteiger partial charge in [-0.05, 0) is 30.2 Å². The molecule has 1 fully saturated rings. The second kappa shape index (κ2) is 7.99. The zero-order valence-corrected chi connectivity index (χ0v) is 14.2. The second-order valence-corrected chi connectivity index (χ2v) is 6.36. The molecule has 1 N–H and O–H groups in total. The fourth-order valence-electron chi connectivity index (χ4n) is 2.99. The third-order valence-corrected chi connectivity index (χ3v) is 4.48. The molecule has 1 aliphatic heterocycles. The first-order chi connectivity index (χ1) is 12.5. The van der Waals surface area contributed by atoms with Gasteiger partial charge in [-0.2, -0.15) is 0 Å². The molecule has 1 unspecified atom stereocenters. The summed E-state index contributed by atoms with van der Waals surface area (Å²) in [6.07, 6.45) is 0.677. The maximum Gasteiger partial charge on any atom is 0.308 e. The number of carboxylic acid groups (broad SMARTS) is 1. The predicted molar refractivity (Wildman–Crippen MR) is 93.2 cm³/mol. The van der Waals surface area contributed by atoms with Gasteiger partial charge in [-0.1, -0.05) is 30.3 Å². The summed E-state index contributed by atoms with van der Waals surface area (Å²) in [7, 11) is 0. The van der Waals surface area contributed by atoms with E-state index in [0.717, 1.165) is 5.56 Å². The maximum absolute atomic E-state index is 13.6. The van der Waals surface area contributed by atoms with Gasteiger partial charge in [0.25, 0.3) is 0 Å². The number of rotatable bonds is 7. The SMILES string of the molecule is O=C(O)C1CC(=O)N(CCc2cccc(OCc3ccccc3F)c2)C1. The summed E-state index contributed by atoms with van der Waals surface area (Å²) in [6.45, 7) is 0.873. The van der Waals surface area contributed by atoms with E-state index in [1.54, 1.807) is 29.2 Å². The topological polar surface area (TPSA) is 66.8 Å². The van der Waals surface area contributed by atoms with Gasteiger partial charge in [0.15, 0.2) is 0 Å². The van der Waals surface area contributed by atoms with Crippen LogP contribution in [0.15, 0.2) is 48.5 Å². The number of hydrogen-bond acceptors (Lipinski definition) is 3. The third-order valence-electron chi connectivity index (χ3n) is 4.48. The van der Waals surface area contributed by atoms with Gasteiger partial charge in [0.1, 0.15) is 18.2 Å². The van der Waals surface area contributed by atoms with Gasteiger partial charge < -0.3 is 14.7 Å². The molecular formula is C20H20FNO4. The number of hydrogen-bond donors (Lipinski definition) is 1. The van der Waals surface area contributed by atoms with E-state index in [-0.39, 0.29) is 31.3 Å². The first-order valence-electron chi connectivity index (χ1n) is 8.48. The fraction of sp³-hybridized carbons (Fsp3) is 0.300. The smallest absolute Gasteiger partial charge is 0.308 e. The minimum Gasteiger partial charge on any atom is -0.489 e. The summed E-state index contributed by atoms with van der Waals surface area (Å²) in [5, 5.41) is 9.02. The van der Waals surface area contributed by atoms with E-state index < -0.39 is 11.9 Å². The van der Waals surface area contributed by atoms with Crippen LogP contribution in [-0.4, -0.2) is 35.0 Å². The van der Waals surface area contributed by atoms with Crippen molar-refractivity contribution in [3.63, 3.8) is 0 Å². The van der Waals surface area contributed by atoms with Crippen LogP contribution in [0, 0.1) is 11.7 Å². The van der Waals surface area contributed by atoms with Crippen LogP contribution >= 0.6 is 0 Å². The highest BCUT2D eigenvalue weighted by atomic mass is 19.1. The predicted octanol–water partition coefficient (Wildman–Crippen LogP) is 2.88. The number of carboxylic acids is 1. The summed E-state index contributed by atoms with van der Waals surface area (Å²) >= 11 is 0. The van der Waals surface area contributed by atoms with E-state index >= 15 is 0 Å². The van der Waals surface area contributed by atoms with Crippen LogP contribution in [0.5, 0.6) is 5.75 Å². The van der Waals surface area contributed by atoms with Crippen molar-refractivity contribution < 1.29 is 23.8 Å². The molecule has 2 aromatic carbocycles. The zero-order valence-electron chi connectivity index (χ0n) is 14.2. The van der Waals surface area contributed by atoms with Crippen molar-refractivity contribution in [1.82, 2.24) is 4.90 Å². The van der Waals surface area contributed by atoms with Crippen molar-refractivity contribution >= 4 is 11.9 Å². The first-order valence-corrected chi connectivity index (χ1v) is 8.48. The minimum atomic E-state index is -0.926. The third kappa shape index (κ3) is 4.39. The summed E-state index contributed by atoms with van der Waals surface area (Å²) in [5.41, 5.74) is 1.46. The molecule has 1 heterocycles. The fourth-order valence-corrected chi connectivity index (χ4v) is 2.99. The van der Waals surface area contributed by atoms with Gasteiger partial charge in [0.2, 0.25) is 5.91 Å². The molecule has 26 heavy (non-hydrogen) atoms. The lowest BCUT2D eigenvalue weighted by molar-refractivity contribution is -0.141. The highest BCUT2D eigenvalue weighted by Crippen LogP contribution is 2.20. The lowest BCUT2D eigenvalue weighted by Gasteiger charge is -2.16. The number of aliphatic carboxylic acids is 1. The van der Waals surface area contributed by atoms with E-state index in [1.807, 2.05) is 18.2 Å². The van der Waals surface area contributed by atoms with Crippen molar-refractivity contribution in [2.24, 2.45) is 5.92 Å². The average Bonchev–Trinajstić information content (AvgIpc) is 3.01. The molecule has 0 saturated carbocycles. The zero-order chi connectivity index (χ0) is 18.5. The largest absolute Gasteiger partial charge is 0.489 e. The van der Waals surface area contributed by atoms with Crippen LogP contribution in [0.1, 0.15) is 17.5 Å². The van der Waals surface area contributed by atoms with Crippen LogP contribution in [0.2, 0.25) is 0 Å². The molecule has 0 aliphatic carbocycles. The highest BCUT2D eigenvalue weighted by molar-refractivity contribution is 5.86. The van der Waals surface area contributed by atoms with Gasteiger partial charge in [-0.25, -0.2) is 4.39 Å². The molecule has 0 radical (unpaired) electrons. The number of carbonyl (C=O) groups excluding carboxylic acids is 1. The Morgan fingerprint density at radius 2 is 2.04 bits per heavy atom. The molecule has 1 atom stereocenters.